The number of hydrogen-bond donors (Lipinski definition) is 7. The van der Waals surface area contributed by atoms with Gasteiger partial charge in [-0.25, -0.2) is 4.79 Å². The summed E-state index contributed by atoms with van der Waals surface area (Å²) < 4.78 is 21.6. The Bertz CT molecular complexity index is 1940. The predicted molar refractivity (Wildman–Crippen MR) is 177 cm³/mol. The molecule has 3 aliphatic carbocycles. The molecule has 4 aliphatic rings. The van der Waals surface area contributed by atoms with E-state index < -0.39 is 135 Å². The lowest BCUT2D eigenvalue weighted by molar-refractivity contribution is -0.207. The van der Waals surface area contributed by atoms with E-state index >= 15 is 0 Å². The second-order valence-corrected chi connectivity index (χ2v) is 13.7. The third kappa shape index (κ3) is 4.65. The first kappa shape index (κ1) is 37.6. The first-order chi connectivity index (χ1) is 24.5. The summed E-state index contributed by atoms with van der Waals surface area (Å²) in [6, 6.07) is 2.31. The largest absolute Gasteiger partial charge is 0.507 e. The molecule has 0 amide bonds. The van der Waals surface area contributed by atoms with Crippen LogP contribution in [0.4, 0.5) is 0 Å². The lowest BCUT2D eigenvalue weighted by atomic mass is 9.56. The molecule has 0 bridgehead atoms. The lowest BCUT2D eigenvalue weighted by Gasteiger charge is -2.53. The summed E-state index contributed by atoms with van der Waals surface area (Å²) in [5.41, 5.74) is -11.7. The van der Waals surface area contributed by atoms with Gasteiger partial charge in [-0.3, -0.25) is 19.4 Å². The van der Waals surface area contributed by atoms with Crippen LogP contribution in [-0.2, 0) is 36.6 Å². The summed E-state index contributed by atoms with van der Waals surface area (Å²) in [5.74, 6) is -7.50. The zero-order chi connectivity index (χ0) is 38.4. The highest BCUT2D eigenvalue weighted by Gasteiger charge is 2.73. The molecule has 1 heterocycles. The molecule has 0 radical (unpaired) electrons. The monoisotopic (exact) mass is 727 g/mol. The number of ether oxygens (including phenoxy) is 4. The molecule has 16 nitrogen and oxygen atoms in total. The van der Waals surface area contributed by atoms with Crippen LogP contribution in [0.3, 0.4) is 0 Å². The Morgan fingerprint density at radius 1 is 1.04 bits per heavy atom. The van der Waals surface area contributed by atoms with Gasteiger partial charge < -0.3 is 54.7 Å². The normalized spacial score (nSPS) is 34.8. The number of hydrogen-bond acceptors (Lipinski definition) is 16. The van der Waals surface area contributed by atoms with E-state index in [1.807, 2.05) is 0 Å². The number of Topliss-reactive ketones (excluding diaryl/α,β-unsaturated/α-hetero) is 3. The number of aromatic hydroxyl groups is 2. The minimum Gasteiger partial charge on any atom is -0.507 e. The molecule has 9 atom stereocenters. The molecule has 2 aromatic carbocycles. The van der Waals surface area contributed by atoms with Crippen molar-refractivity contribution >= 4 is 29.0 Å². The van der Waals surface area contributed by atoms with Gasteiger partial charge in [-0.2, -0.15) is 0 Å². The summed E-state index contributed by atoms with van der Waals surface area (Å²) in [6.45, 7) is 3.98. The van der Waals surface area contributed by atoms with Crippen molar-refractivity contribution in [2.45, 2.75) is 87.5 Å². The average Bonchev–Trinajstić information content (AvgIpc) is 3.09. The Hall–Kier alpha value is -4.13. The molecule has 16 heteroatoms. The standard InChI is InChI=1S/C36H41NO15/c1-7-34(47)18-10-16-23(27(42)24(18)19(39)11-20(34)37-32-17(12-38)26(41)29(49-4)14(3)52-32)31(45)36(51-6)21(40)9-15-8-13(2)22(33(46)50-5)28(43)25(15)35(36,48)30(16)44/h8,10,14,17,21,26,29,32,38,40-43,47-48H,7,9,11-12H2,1-6H3/t14-,17+,21+,26-,29-,32-,34?,35-,36+/m0/s1. The van der Waals surface area contributed by atoms with E-state index in [1.54, 1.807) is 6.92 Å². The van der Waals surface area contributed by atoms with Crippen LogP contribution in [0.5, 0.6) is 11.5 Å². The Morgan fingerprint density at radius 3 is 2.29 bits per heavy atom. The number of benzene rings is 2. The smallest absolute Gasteiger partial charge is 0.341 e. The van der Waals surface area contributed by atoms with Gasteiger partial charge in [0.1, 0.15) is 28.8 Å². The number of esters is 1. The molecule has 1 fully saturated rings. The van der Waals surface area contributed by atoms with Crippen LogP contribution in [0, 0.1) is 12.8 Å². The minimum absolute atomic E-state index is 0.00446. The first-order valence-corrected chi connectivity index (χ1v) is 16.7. The summed E-state index contributed by atoms with van der Waals surface area (Å²) in [5, 5.41) is 80.6. The van der Waals surface area contributed by atoms with Gasteiger partial charge in [0.25, 0.3) is 0 Å². The van der Waals surface area contributed by atoms with Crippen LogP contribution in [0.15, 0.2) is 17.1 Å². The second-order valence-electron chi connectivity index (χ2n) is 13.7. The molecular formula is C36H41NO15. The second kappa shape index (κ2) is 12.8. The molecule has 280 valence electrons. The number of aliphatic imine (C=N–C) groups is 1. The van der Waals surface area contributed by atoms with E-state index in [9.17, 15) is 54.9 Å². The first-order valence-electron chi connectivity index (χ1n) is 16.7. The van der Waals surface area contributed by atoms with E-state index in [4.69, 9.17) is 18.9 Å². The van der Waals surface area contributed by atoms with Gasteiger partial charge in [-0.15, -0.1) is 0 Å². The molecular weight excluding hydrogens is 686 g/mol. The van der Waals surface area contributed by atoms with Crippen molar-refractivity contribution < 1.29 is 73.9 Å². The van der Waals surface area contributed by atoms with Gasteiger partial charge in [0.05, 0.1) is 61.2 Å². The fourth-order valence-electron chi connectivity index (χ4n) is 8.60. The van der Waals surface area contributed by atoms with E-state index in [0.717, 1.165) is 20.3 Å². The number of phenols is 2. The SMILES string of the molecule is CCC1(O)C(=N[C@H]2O[C@@H](C)[C@H](OC)[C@@H](O)[C@H]2CO)CC(=O)c2c1cc1c(c2O)C(=O)[C@]2(OC)[C@H](O)Cc3cc(C)c(C(=O)OC)c(O)c3[C@]2(O)C1=O. The molecule has 0 saturated carbocycles. The van der Waals surface area contributed by atoms with Crippen molar-refractivity contribution in [3.63, 3.8) is 0 Å². The molecule has 1 unspecified atom stereocenters. The van der Waals surface area contributed by atoms with Gasteiger partial charge in [-0.05, 0) is 37.5 Å². The van der Waals surface area contributed by atoms with Crippen LogP contribution in [0.25, 0.3) is 0 Å². The summed E-state index contributed by atoms with van der Waals surface area (Å²) in [6.07, 6.45) is -7.29. The number of methoxy groups -OCH3 is 3. The van der Waals surface area contributed by atoms with Gasteiger partial charge in [-0.1, -0.05) is 13.0 Å². The van der Waals surface area contributed by atoms with Gasteiger partial charge in [0, 0.05) is 37.3 Å². The Morgan fingerprint density at radius 2 is 1.71 bits per heavy atom. The van der Waals surface area contributed by atoms with Crippen molar-refractivity contribution in [1.82, 2.24) is 0 Å². The maximum atomic E-state index is 14.8. The maximum Gasteiger partial charge on any atom is 0.341 e. The van der Waals surface area contributed by atoms with Crippen LogP contribution in [0.1, 0.15) is 90.4 Å². The van der Waals surface area contributed by atoms with Gasteiger partial charge >= 0.3 is 5.97 Å². The van der Waals surface area contributed by atoms with Crippen molar-refractivity contribution in [2.75, 3.05) is 27.9 Å². The van der Waals surface area contributed by atoms with Crippen molar-refractivity contribution in [3.05, 3.63) is 56.6 Å². The number of carbonyl (C=O) groups is 4. The van der Waals surface area contributed by atoms with Crippen molar-refractivity contribution in [2.24, 2.45) is 10.9 Å². The number of phenolic OH excluding ortho intramolecular Hbond substituents is 2. The third-order valence-corrected chi connectivity index (χ3v) is 11.3. The van der Waals surface area contributed by atoms with E-state index in [1.165, 1.54) is 27.0 Å². The van der Waals surface area contributed by atoms with E-state index in [-0.39, 0.29) is 28.8 Å². The van der Waals surface area contributed by atoms with Crippen molar-refractivity contribution in [3.8, 4) is 11.5 Å². The van der Waals surface area contributed by atoms with E-state index in [0.29, 0.717) is 0 Å². The highest BCUT2D eigenvalue weighted by Crippen LogP contribution is 2.57. The quantitative estimate of drug-likeness (QED) is 0.195. The number of carbonyl (C=O) groups excluding carboxylic acids is 4. The minimum atomic E-state index is -3.23. The Balaban J connectivity index is 1.60. The fourth-order valence-corrected chi connectivity index (χ4v) is 8.60. The van der Waals surface area contributed by atoms with Gasteiger partial charge in [0.15, 0.2) is 23.2 Å². The van der Waals surface area contributed by atoms with Gasteiger partial charge in [0.2, 0.25) is 11.6 Å². The van der Waals surface area contributed by atoms with Crippen LogP contribution < -0.4 is 0 Å². The zero-order valence-electron chi connectivity index (χ0n) is 29.3. The molecule has 52 heavy (non-hydrogen) atoms. The van der Waals surface area contributed by atoms with Crippen molar-refractivity contribution in [1.29, 1.82) is 0 Å². The van der Waals surface area contributed by atoms with Crippen LogP contribution in [-0.4, -0.2) is 129 Å². The van der Waals surface area contributed by atoms with E-state index in [2.05, 4.69) is 4.99 Å². The molecule has 1 saturated heterocycles. The molecule has 1 aliphatic heterocycles. The summed E-state index contributed by atoms with van der Waals surface area (Å²) in [7, 11) is 3.34. The van der Waals surface area contributed by atoms with Crippen LogP contribution in [0.2, 0.25) is 0 Å². The highest BCUT2D eigenvalue weighted by atomic mass is 16.6. The number of fused-ring (bicyclic) bond motifs is 5. The molecule has 6 rings (SSSR count). The molecule has 2 aromatic rings. The number of rotatable bonds is 6. The topological polar surface area (TPSA) is 259 Å². The molecule has 0 aromatic heterocycles. The molecule has 7 N–H and O–H groups in total. The maximum absolute atomic E-state index is 14.8. The predicted octanol–water partition coefficient (Wildman–Crippen LogP) is 0.116. The Kier molecular flexibility index (Phi) is 9.24. The highest BCUT2D eigenvalue weighted by molar-refractivity contribution is 6.27. The number of ketones is 3. The fraction of sp³-hybridized carbons (Fsp3) is 0.528. The lowest BCUT2D eigenvalue weighted by Crippen LogP contribution is -2.73. The summed E-state index contributed by atoms with van der Waals surface area (Å²) in [4.78, 5) is 60.4. The average molecular weight is 728 g/mol. The number of nitrogens with zero attached hydrogens (tertiary/aromatic N) is 1. The summed E-state index contributed by atoms with van der Waals surface area (Å²) >= 11 is 0. The number of aliphatic hydroxyl groups excluding tert-OH is 3. The number of aryl methyl sites for hydroxylation is 1. The molecule has 0 spiro atoms. The zero-order valence-corrected chi connectivity index (χ0v) is 29.3. The number of aliphatic hydroxyl groups is 5. The third-order valence-electron chi connectivity index (χ3n) is 11.3. The van der Waals surface area contributed by atoms with Crippen LogP contribution >= 0.6 is 0 Å². The Labute approximate surface area is 297 Å².